The van der Waals surface area contributed by atoms with Crippen molar-refractivity contribution in [2.45, 2.75) is 164 Å². The number of fused-ring (bicyclic) bond motifs is 3. The summed E-state index contributed by atoms with van der Waals surface area (Å²) in [4.78, 5) is 14.1. The fraction of sp³-hybridized carbons (Fsp3) is 0.919. The van der Waals surface area contributed by atoms with Crippen molar-refractivity contribution in [3.05, 3.63) is 12.2 Å². The van der Waals surface area contributed by atoms with Gasteiger partial charge in [-0.05, 0) is 73.5 Å². The average Bonchev–Trinajstić information content (AvgIpc) is 3.13. The van der Waals surface area contributed by atoms with Crippen LogP contribution >= 0.6 is 0 Å². The van der Waals surface area contributed by atoms with Crippen LogP contribution in [0.4, 0.5) is 0 Å². The molecule has 310 valence electrons. The number of hydrogen-bond donors (Lipinski definition) is 10. The molecule has 3 saturated heterocycles. The van der Waals surface area contributed by atoms with Crippen LogP contribution in [0.15, 0.2) is 12.2 Å². The molecule has 3 aliphatic heterocycles. The minimum atomic E-state index is -1.94. The molecule has 0 bridgehead atoms. The number of allylic oxidation sites excluding steroid dienone is 1. The number of aliphatic hydroxyl groups excluding tert-OH is 10. The average molecular weight is 777 g/mol. The second kappa shape index (κ2) is 16.8. The molecule has 17 heteroatoms. The van der Waals surface area contributed by atoms with Crippen molar-refractivity contribution in [1.29, 1.82) is 0 Å². The molecular formula is C37H60O17. The van der Waals surface area contributed by atoms with E-state index in [1.165, 1.54) is 5.57 Å². The third-order valence-corrected chi connectivity index (χ3v) is 13.6. The van der Waals surface area contributed by atoms with Crippen molar-refractivity contribution in [3.63, 3.8) is 0 Å². The molecule has 17 nitrogen and oxygen atoms in total. The van der Waals surface area contributed by atoms with Crippen LogP contribution in [0.3, 0.4) is 0 Å². The molecule has 6 aliphatic rings. The predicted molar refractivity (Wildman–Crippen MR) is 183 cm³/mol. The lowest BCUT2D eigenvalue weighted by molar-refractivity contribution is -0.388. The third kappa shape index (κ3) is 7.89. The van der Waals surface area contributed by atoms with Gasteiger partial charge in [0.25, 0.3) is 0 Å². The molecule has 20 atom stereocenters. The SMILES string of the molecule is C=C1CC[C@@H]2C(CC[C@@H]3[C@](C)(CC(=O)OC4OC(CO)C(O)C(OC5OC(CO)C(O)C(O)C5O)C4OC4OC(CO)C(O)C(O)C4O)CCC[C@@]23C)C1. The Labute approximate surface area is 314 Å². The van der Waals surface area contributed by atoms with Gasteiger partial charge in [0, 0.05) is 0 Å². The number of rotatable bonds is 10. The molecule has 0 aromatic heterocycles. The van der Waals surface area contributed by atoms with Gasteiger partial charge in [-0.2, -0.15) is 0 Å². The van der Waals surface area contributed by atoms with E-state index < -0.39 is 123 Å². The first kappa shape index (κ1) is 42.2. The summed E-state index contributed by atoms with van der Waals surface area (Å²) in [6.45, 7) is 6.32. The Morgan fingerprint density at radius 3 is 1.81 bits per heavy atom. The maximum Gasteiger partial charge on any atom is 0.308 e. The Hall–Kier alpha value is -1.39. The van der Waals surface area contributed by atoms with Crippen molar-refractivity contribution >= 4 is 5.97 Å². The molecule has 6 rings (SSSR count). The Kier molecular flexibility index (Phi) is 13.2. The Morgan fingerprint density at radius 1 is 0.704 bits per heavy atom. The summed E-state index contributed by atoms with van der Waals surface area (Å²) in [5.41, 5.74) is 0.866. The van der Waals surface area contributed by atoms with Gasteiger partial charge in [-0.1, -0.05) is 32.4 Å². The second-order valence-electron chi connectivity index (χ2n) is 17.0. The number of carbonyl (C=O) groups is 1. The van der Waals surface area contributed by atoms with Crippen LogP contribution in [0.2, 0.25) is 0 Å². The van der Waals surface area contributed by atoms with Gasteiger partial charge in [0.1, 0.15) is 67.1 Å². The number of hydrogen-bond acceptors (Lipinski definition) is 17. The van der Waals surface area contributed by atoms with E-state index in [2.05, 4.69) is 20.4 Å². The normalized spacial score (nSPS) is 51.2. The topological polar surface area (TPSA) is 275 Å². The molecule has 10 N–H and O–H groups in total. The highest BCUT2D eigenvalue weighted by atomic mass is 16.8. The van der Waals surface area contributed by atoms with Crippen LogP contribution in [-0.4, -0.2) is 169 Å². The van der Waals surface area contributed by atoms with E-state index in [0.29, 0.717) is 11.8 Å². The maximum atomic E-state index is 14.1. The summed E-state index contributed by atoms with van der Waals surface area (Å²) < 4.78 is 34.9. The van der Waals surface area contributed by atoms with Crippen LogP contribution in [-0.2, 0) is 33.2 Å². The molecule has 3 saturated carbocycles. The fourth-order valence-electron chi connectivity index (χ4n) is 10.7. The minimum absolute atomic E-state index is 0.00540. The Morgan fingerprint density at radius 2 is 1.24 bits per heavy atom. The molecule has 0 aromatic rings. The lowest BCUT2D eigenvalue weighted by Gasteiger charge is -2.61. The van der Waals surface area contributed by atoms with Crippen LogP contribution in [0.5, 0.6) is 0 Å². The van der Waals surface area contributed by atoms with Crippen LogP contribution in [0, 0.1) is 28.6 Å². The standard InChI is InChI=1S/C37H60O17/c1-16-5-7-18-17(11-16)6-8-22-36(2,9-4-10-37(18,22)3)12-23(41)52-35-32(54-34-30(48)28(46)25(43)20(14-39)50-34)31(26(44)21(15-40)51-35)53-33-29(47)27(45)24(42)19(13-38)49-33/h17-22,24-35,38-40,42-48H,1,4-15H2,2-3H3/t17?,18-,19?,20?,21?,22-,24?,25?,26?,27?,28?,29?,30?,31?,32?,33?,34?,35?,36+,37+/m1/s1. The summed E-state index contributed by atoms with van der Waals surface area (Å²) >= 11 is 0. The third-order valence-electron chi connectivity index (χ3n) is 13.6. The predicted octanol–water partition coefficient (Wildman–Crippen LogP) is -2.05. The number of esters is 1. The summed E-state index contributed by atoms with van der Waals surface area (Å²) in [5, 5.41) is 104. The molecular weight excluding hydrogens is 716 g/mol. The van der Waals surface area contributed by atoms with E-state index in [9.17, 15) is 55.9 Å². The zero-order valence-corrected chi connectivity index (χ0v) is 30.9. The summed E-state index contributed by atoms with van der Waals surface area (Å²) in [6, 6.07) is 0. The van der Waals surface area contributed by atoms with Crippen molar-refractivity contribution in [3.8, 4) is 0 Å². The van der Waals surface area contributed by atoms with E-state index in [4.69, 9.17) is 28.4 Å². The zero-order valence-electron chi connectivity index (χ0n) is 30.9. The van der Waals surface area contributed by atoms with Crippen LogP contribution in [0.1, 0.15) is 71.6 Å². The number of ether oxygens (including phenoxy) is 6. The highest BCUT2D eigenvalue weighted by Crippen LogP contribution is 2.65. The molecule has 0 aromatic carbocycles. The lowest BCUT2D eigenvalue weighted by Crippen LogP contribution is -2.67. The number of aliphatic hydroxyl groups is 10. The monoisotopic (exact) mass is 776 g/mol. The van der Waals surface area contributed by atoms with E-state index in [1.54, 1.807) is 0 Å². The molecule has 3 heterocycles. The van der Waals surface area contributed by atoms with Crippen molar-refractivity contribution in [2.75, 3.05) is 19.8 Å². The Bertz CT molecular complexity index is 1300. The van der Waals surface area contributed by atoms with Gasteiger partial charge in [0.15, 0.2) is 18.7 Å². The quantitative estimate of drug-likeness (QED) is 0.0845. The first-order chi connectivity index (χ1) is 25.6. The molecule has 0 amide bonds. The summed E-state index contributed by atoms with van der Waals surface area (Å²) in [5.74, 6) is 0.623. The van der Waals surface area contributed by atoms with E-state index in [1.807, 2.05) is 0 Å². The highest BCUT2D eigenvalue weighted by molar-refractivity contribution is 5.70. The van der Waals surface area contributed by atoms with Gasteiger partial charge in [0.05, 0.1) is 26.2 Å². The van der Waals surface area contributed by atoms with Gasteiger partial charge < -0.3 is 79.5 Å². The van der Waals surface area contributed by atoms with Gasteiger partial charge in [-0.15, -0.1) is 0 Å². The van der Waals surface area contributed by atoms with E-state index >= 15 is 0 Å². The fourth-order valence-corrected chi connectivity index (χ4v) is 10.7. The molecule has 0 spiro atoms. The molecule has 16 unspecified atom stereocenters. The zero-order chi connectivity index (χ0) is 39.3. The van der Waals surface area contributed by atoms with Crippen molar-refractivity contribution < 1.29 is 84.3 Å². The van der Waals surface area contributed by atoms with Gasteiger partial charge >= 0.3 is 5.97 Å². The number of carbonyl (C=O) groups excluding carboxylic acids is 1. The van der Waals surface area contributed by atoms with E-state index in [0.717, 1.165) is 51.4 Å². The maximum absolute atomic E-state index is 14.1. The smallest absolute Gasteiger partial charge is 0.308 e. The minimum Gasteiger partial charge on any atom is -0.433 e. The summed E-state index contributed by atoms with van der Waals surface area (Å²) in [6.07, 6.45) is -18.3. The van der Waals surface area contributed by atoms with Crippen LogP contribution in [0.25, 0.3) is 0 Å². The van der Waals surface area contributed by atoms with Gasteiger partial charge in [-0.25, -0.2) is 0 Å². The Balaban J connectivity index is 1.27. The van der Waals surface area contributed by atoms with Gasteiger partial charge in [0.2, 0.25) is 6.29 Å². The lowest BCUT2D eigenvalue weighted by atomic mass is 9.44. The molecule has 54 heavy (non-hydrogen) atoms. The largest absolute Gasteiger partial charge is 0.433 e. The van der Waals surface area contributed by atoms with Crippen molar-refractivity contribution in [1.82, 2.24) is 0 Å². The second-order valence-corrected chi connectivity index (χ2v) is 17.0. The molecule has 3 aliphatic carbocycles. The molecule has 6 fully saturated rings. The first-order valence-corrected chi connectivity index (χ1v) is 19.3. The van der Waals surface area contributed by atoms with Crippen LogP contribution < -0.4 is 0 Å². The van der Waals surface area contributed by atoms with Gasteiger partial charge in [-0.3, -0.25) is 4.79 Å². The first-order valence-electron chi connectivity index (χ1n) is 19.3. The highest BCUT2D eigenvalue weighted by Gasteiger charge is 2.59. The van der Waals surface area contributed by atoms with Crippen molar-refractivity contribution in [2.24, 2.45) is 28.6 Å². The van der Waals surface area contributed by atoms with E-state index in [-0.39, 0.29) is 17.8 Å². The molecule has 0 radical (unpaired) electrons. The summed E-state index contributed by atoms with van der Waals surface area (Å²) in [7, 11) is 0.